The van der Waals surface area contributed by atoms with Crippen LogP contribution in [0.2, 0.25) is 0 Å². The van der Waals surface area contributed by atoms with Crippen LogP contribution in [0.3, 0.4) is 0 Å². The minimum Gasteiger partial charge on any atom is -0.394 e. The number of Topliss-reactive ketones (excluding diaryl/α,β-unsaturated/α-hetero) is 2. The van der Waals surface area contributed by atoms with Crippen molar-refractivity contribution in [3.8, 4) is 0 Å². The second kappa shape index (κ2) is 27.3. The van der Waals surface area contributed by atoms with Crippen LogP contribution >= 0.6 is 0 Å². The molecule has 0 bridgehead atoms. The summed E-state index contributed by atoms with van der Waals surface area (Å²) in [6.07, 6.45) is -7.65. The molecule has 10 aliphatic rings. The molecule has 6 aliphatic heterocycles. The molecule has 0 aromatic carbocycles. The van der Waals surface area contributed by atoms with E-state index < -0.39 is 166 Å². The van der Waals surface area contributed by atoms with Crippen LogP contribution in [0.5, 0.6) is 0 Å². The van der Waals surface area contributed by atoms with E-state index in [0.717, 1.165) is 31.3 Å². The largest absolute Gasteiger partial charge is 0.394 e. The van der Waals surface area contributed by atoms with Gasteiger partial charge in [0.1, 0.15) is 54.9 Å². The predicted molar refractivity (Wildman–Crippen MR) is 295 cm³/mol. The van der Waals surface area contributed by atoms with Crippen molar-refractivity contribution in [2.45, 2.75) is 278 Å². The molecule has 0 amide bonds. The van der Waals surface area contributed by atoms with E-state index in [4.69, 9.17) is 80.5 Å². The first-order chi connectivity index (χ1) is 40.6. The van der Waals surface area contributed by atoms with Crippen LogP contribution in [0.1, 0.15) is 113 Å². The van der Waals surface area contributed by atoms with E-state index >= 15 is 0 Å². The van der Waals surface area contributed by atoms with E-state index in [1.807, 2.05) is 27.7 Å². The second-order valence-electron chi connectivity index (χ2n) is 25.3. The van der Waals surface area contributed by atoms with Crippen LogP contribution in [0.25, 0.3) is 0 Å². The summed E-state index contributed by atoms with van der Waals surface area (Å²) in [7, 11) is 8.05. The number of rotatable bonds is 19. The molecule has 1 saturated carbocycles. The van der Waals surface area contributed by atoms with Crippen molar-refractivity contribution >= 4 is 11.6 Å². The molecular weight excluding hydrogens is 1120 g/mol. The van der Waals surface area contributed by atoms with Crippen LogP contribution in [0, 0.1) is 17.3 Å². The van der Waals surface area contributed by atoms with E-state index in [1.165, 1.54) is 25.7 Å². The zero-order chi connectivity index (χ0) is 61.0. The number of hydrogen-bond donors (Lipinski definition) is 5. The van der Waals surface area contributed by atoms with E-state index in [2.05, 4.69) is 13.0 Å². The lowest BCUT2D eigenvalue weighted by molar-refractivity contribution is -0.360. The van der Waals surface area contributed by atoms with Crippen molar-refractivity contribution in [2.24, 2.45) is 17.3 Å². The highest BCUT2D eigenvalue weighted by Gasteiger charge is 2.57. The van der Waals surface area contributed by atoms with Gasteiger partial charge in [-0.05, 0) is 96.1 Å². The molecule has 30 atom stereocenters. The summed E-state index contributed by atoms with van der Waals surface area (Å²) < 4.78 is 107. The number of ketones is 2. The Hall–Kier alpha value is -2.32. The molecule has 482 valence electrons. The first kappa shape index (κ1) is 65.6. The maximum atomic E-state index is 13.6. The van der Waals surface area contributed by atoms with Crippen LogP contribution < -0.4 is 0 Å². The van der Waals surface area contributed by atoms with Gasteiger partial charge in [-0.1, -0.05) is 24.6 Å². The highest BCUT2D eigenvalue weighted by atomic mass is 16.8. The Kier molecular flexibility index (Phi) is 21.0. The number of aliphatic hydroxyl groups excluding tert-OH is 4. The summed E-state index contributed by atoms with van der Waals surface area (Å²) in [5.41, 5.74) is 0.335. The van der Waals surface area contributed by atoms with Gasteiger partial charge >= 0.3 is 0 Å². The van der Waals surface area contributed by atoms with Crippen molar-refractivity contribution in [2.75, 3.05) is 42.2 Å². The Labute approximate surface area is 498 Å². The highest BCUT2D eigenvalue weighted by Crippen LogP contribution is 2.59. The molecule has 0 spiro atoms. The summed E-state index contributed by atoms with van der Waals surface area (Å²) in [5.74, 6) is -0.433. The lowest BCUT2D eigenvalue weighted by Gasteiger charge is -2.53. The fourth-order valence-corrected chi connectivity index (χ4v) is 15.3. The van der Waals surface area contributed by atoms with E-state index in [1.54, 1.807) is 41.4 Å². The molecule has 6 saturated heterocycles. The van der Waals surface area contributed by atoms with Gasteiger partial charge in [0, 0.05) is 79.6 Å². The van der Waals surface area contributed by atoms with Gasteiger partial charge in [-0.2, -0.15) is 0 Å². The smallest absolute Gasteiger partial charge is 0.187 e. The van der Waals surface area contributed by atoms with Gasteiger partial charge in [0.05, 0.1) is 73.8 Å². The number of ether oxygens (including phenoxy) is 17. The topological polar surface area (TPSA) is 292 Å². The third-order valence-corrected chi connectivity index (χ3v) is 20.2. The third-order valence-electron chi connectivity index (χ3n) is 20.2. The number of hydrogen-bond acceptors (Lipinski definition) is 24. The molecule has 24 nitrogen and oxygen atoms in total. The number of allylic oxidation sites excluding steroid dienone is 3. The summed E-state index contributed by atoms with van der Waals surface area (Å²) in [4.78, 5) is 26.1. The fourth-order valence-electron chi connectivity index (χ4n) is 15.3. The number of aliphatic hydroxyl groups is 5. The SMILES string of the molecule is COC1CC(OC2CCC3(C)C(=CCC4C5=C(C(=O)CC43)C(O)(C(C)=O)C=C5)C2)OC(C)C1OC1CC(OC)C(OC2CC(OC)C(OC3CC(OC)C(OC4CC(OC)C(OC5OC(CO)C(O)C(O)C5O)C(C)O4)C(C)O3)C(C)O2)C(C)O1. The molecule has 5 N–H and O–H groups in total. The van der Waals surface area contributed by atoms with Gasteiger partial charge < -0.3 is 106 Å². The summed E-state index contributed by atoms with van der Waals surface area (Å²) in [6.45, 7) is 12.4. The minimum absolute atomic E-state index is 0.0633. The molecule has 0 aromatic rings. The lowest BCUT2D eigenvalue weighted by atomic mass is 9.52. The van der Waals surface area contributed by atoms with Crippen LogP contribution in [0.4, 0.5) is 0 Å². The zero-order valence-corrected chi connectivity index (χ0v) is 51.2. The Morgan fingerprint density at radius 3 is 1.40 bits per heavy atom. The van der Waals surface area contributed by atoms with E-state index in [0.29, 0.717) is 32.1 Å². The Balaban J connectivity index is 0.680. The molecule has 4 aliphatic carbocycles. The average molecular weight is 1210 g/mol. The monoisotopic (exact) mass is 1210 g/mol. The zero-order valence-electron chi connectivity index (χ0n) is 51.2. The predicted octanol–water partition coefficient (Wildman–Crippen LogP) is 2.76. The maximum Gasteiger partial charge on any atom is 0.187 e. The number of fused-ring (bicyclic) bond motifs is 4. The molecule has 10 rings (SSSR count). The van der Waals surface area contributed by atoms with Crippen LogP contribution in [-0.4, -0.2) is 245 Å². The second-order valence-corrected chi connectivity index (χ2v) is 25.3. The van der Waals surface area contributed by atoms with Gasteiger partial charge in [-0.15, -0.1) is 0 Å². The van der Waals surface area contributed by atoms with Crippen LogP contribution in [0.15, 0.2) is 34.9 Å². The summed E-state index contributed by atoms with van der Waals surface area (Å²) in [5, 5.41) is 52.1. The van der Waals surface area contributed by atoms with Gasteiger partial charge in [0.15, 0.2) is 54.9 Å². The molecular formula is C61H94O24. The molecule has 24 heteroatoms. The van der Waals surface area contributed by atoms with Crippen LogP contribution in [-0.2, 0) is 90.1 Å². The van der Waals surface area contributed by atoms with Gasteiger partial charge in [0.2, 0.25) is 0 Å². The van der Waals surface area contributed by atoms with E-state index in [-0.39, 0.29) is 47.2 Å². The van der Waals surface area contributed by atoms with Gasteiger partial charge in [-0.25, -0.2) is 0 Å². The summed E-state index contributed by atoms with van der Waals surface area (Å²) >= 11 is 0. The lowest BCUT2D eigenvalue weighted by Crippen LogP contribution is -2.62. The van der Waals surface area contributed by atoms with E-state index in [9.17, 15) is 35.1 Å². The molecule has 0 aromatic heterocycles. The third kappa shape index (κ3) is 13.1. The molecule has 0 radical (unpaired) electrons. The minimum atomic E-state index is -1.83. The Bertz CT molecular complexity index is 2390. The Morgan fingerprint density at radius 2 is 1.00 bits per heavy atom. The normalized spacial score (nSPS) is 49.4. The number of carbonyl (C=O) groups is 2. The van der Waals surface area contributed by atoms with Crippen molar-refractivity contribution < 1.29 is 116 Å². The van der Waals surface area contributed by atoms with Crippen molar-refractivity contribution in [1.82, 2.24) is 0 Å². The average Bonchev–Trinajstić information content (AvgIpc) is 2.52. The number of methoxy groups -OCH3 is 5. The molecule has 30 unspecified atom stereocenters. The number of carbonyl (C=O) groups excluding carboxylic acids is 2. The first-order valence-electron chi connectivity index (χ1n) is 30.6. The van der Waals surface area contributed by atoms with Crippen molar-refractivity contribution in [1.29, 1.82) is 0 Å². The van der Waals surface area contributed by atoms with Crippen molar-refractivity contribution in [3.63, 3.8) is 0 Å². The molecule has 85 heavy (non-hydrogen) atoms. The first-order valence-corrected chi connectivity index (χ1v) is 30.6. The quantitative estimate of drug-likeness (QED) is 0.116. The Morgan fingerprint density at radius 1 is 0.588 bits per heavy atom. The molecule has 6 heterocycles. The standard InChI is InChI=1S/C61H94O24/c1-27-54(39(69-8)21-45(74-27)79-34-15-17-60(7)33(19-34)13-14-35-36-16-18-61(68,32(6)63)50(36)38(64)20-37(35)60)81-46-22-40(70-9)55(28(2)75-46)82-47-23-41(71-10)56(29(3)76-47)83-48-24-42(72-11)57(30(4)77-48)84-49-25-43(73-12)58(31(5)78-49)85-59-53(67)52(66)51(65)44(26-62)80-59/h13,16,18,27-31,34-35,37,39-49,51-59,62,65-68H,14-15,17,19-26H2,1-12H3. The van der Waals surface area contributed by atoms with Gasteiger partial charge in [-0.3, -0.25) is 9.59 Å². The maximum absolute atomic E-state index is 13.6. The molecule has 7 fully saturated rings. The van der Waals surface area contributed by atoms with Crippen molar-refractivity contribution in [3.05, 3.63) is 34.9 Å². The summed E-state index contributed by atoms with van der Waals surface area (Å²) in [6, 6.07) is 0. The fraction of sp³-hybridized carbons (Fsp3) is 0.869. The van der Waals surface area contributed by atoms with Gasteiger partial charge in [0.25, 0.3) is 0 Å². The highest BCUT2D eigenvalue weighted by molar-refractivity contribution is 6.09.